The molecule has 2 unspecified atom stereocenters. The second kappa shape index (κ2) is 12.4. The van der Waals surface area contributed by atoms with E-state index in [-0.39, 0.29) is 23.5 Å². The van der Waals surface area contributed by atoms with E-state index >= 15 is 0 Å². The van der Waals surface area contributed by atoms with Crippen LogP contribution in [-0.4, -0.2) is 43.2 Å². The smallest absolute Gasteiger partial charge is 0.316 e. The normalized spacial score (nSPS) is 12.6. The minimum Gasteiger partial charge on any atom is -0.472 e. The summed E-state index contributed by atoms with van der Waals surface area (Å²) in [4.78, 5) is 25.8. The number of ketones is 1. The summed E-state index contributed by atoms with van der Waals surface area (Å²) in [6.45, 7) is 3.91. The first-order valence-electron chi connectivity index (χ1n) is 11.1. The molecule has 0 heterocycles. The zero-order valence-corrected chi connectivity index (χ0v) is 22.0. The molecule has 12 heteroatoms. The van der Waals surface area contributed by atoms with Crippen molar-refractivity contribution in [2.75, 3.05) is 22.2 Å². The zero-order valence-electron chi connectivity index (χ0n) is 20.4. The Morgan fingerprint density at radius 3 is 2.24 bits per heavy atom. The molecule has 0 aliphatic rings. The van der Waals surface area contributed by atoms with Gasteiger partial charge >= 0.3 is 11.3 Å². The highest BCUT2D eigenvalue weighted by Gasteiger charge is 2.29. The number of ether oxygens (including phenoxy) is 1. The van der Waals surface area contributed by atoms with Crippen LogP contribution < -0.4 is 23.7 Å². The van der Waals surface area contributed by atoms with E-state index in [9.17, 15) is 22.2 Å². The Hall–Kier alpha value is -3.90. The number of amides is 1. The second-order valence-corrected chi connectivity index (χ2v) is 10.6. The summed E-state index contributed by atoms with van der Waals surface area (Å²) in [5.74, 6) is -0.669. The Morgan fingerprint density at radius 1 is 0.946 bits per heavy atom. The number of hydrogen-bond acceptors (Lipinski definition) is 7. The van der Waals surface area contributed by atoms with E-state index in [0.717, 1.165) is 11.8 Å². The highest BCUT2D eigenvalue weighted by atomic mass is 32.2. The molecule has 0 radical (unpaired) electrons. The topological polar surface area (TPSA) is 140 Å². The molecule has 3 rings (SSSR count). The first-order valence-corrected chi connectivity index (χ1v) is 14.1. The van der Waals surface area contributed by atoms with Gasteiger partial charge in [0.05, 0.1) is 11.9 Å². The summed E-state index contributed by atoms with van der Waals surface area (Å²) in [6, 6.07) is 18.9. The maximum atomic E-state index is 13.1. The molecule has 0 fully saturated rings. The van der Waals surface area contributed by atoms with Gasteiger partial charge in [0.15, 0.2) is 0 Å². The Labute approximate surface area is 218 Å². The number of nitrogens with one attached hydrogen (secondary N) is 3. The van der Waals surface area contributed by atoms with E-state index in [1.165, 1.54) is 30.3 Å². The number of hydrogen-bond donors (Lipinski definition) is 3. The lowest BCUT2D eigenvalue weighted by atomic mass is 10.0. The van der Waals surface area contributed by atoms with Gasteiger partial charge < -0.3 is 14.2 Å². The van der Waals surface area contributed by atoms with Gasteiger partial charge in [-0.25, -0.2) is 8.42 Å². The third-order valence-electron chi connectivity index (χ3n) is 4.78. The standard InChI is InChI=1S/C25H27N3O7S2/c1-4-26-25(30)24(23(29)18-10-12-19(13-11-18)28-37(3,32)33)34-22-7-5-6-20(16-22)27-36(31)35-21-14-8-17(2)9-15-21/h5-16,24,27-28H,4H2,1-3H3,(H,26,30). The fourth-order valence-electron chi connectivity index (χ4n) is 3.13. The minimum absolute atomic E-state index is 0.150. The summed E-state index contributed by atoms with van der Waals surface area (Å²) in [7, 11) is -3.48. The minimum atomic E-state index is -3.48. The van der Waals surface area contributed by atoms with Gasteiger partial charge in [-0.05, 0) is 62.4 Å². The zero-order chi connectivity index (χ0) is 27.0. The van der Waals surface area contributed by atoms with Gasteiger partial charge in [0.1, 0.15) is 11.5 Å². The van der Waals surface area contributed by atoms with Crippen molar-refractivity contribution >= 4 is 44.4 Å². The molecule has 2 atom stereocenters. The molecule has 37 heavy (non-hydrogen) atoms. The van der Waals surface area contributed by atoms with Crippen LogP contribution in [0.25, 0.3) is 0 Å². The predicted octanol–water partition coefficient (Wildman–Crippen LogP) is 3.20. The van der Waals surface area contributed by atoms with Gasteiger partial charge in [-0.15, -0.1) is 0 Å². The van der Waals surface area contributed by atoms with Gasteiger partial charge in [-0.2, -0.15) is 4.21 Å². The van der Waals surface area contributed by atoms with Crippen LogP contribution in [0.4, 0.5) is 11.4 Å². The summed E-state index contributed by atoms with van der Waals surface area (Å²) in [5, 5.41) is 2.58. The average molecular weight is 546 g/mol. The van der Waals surface area contributed by atoms with E-state index in [1.54, 1.807) is 37.3 Å². The van der Waals surface area contributed by atoms with Gasteiger partial charge in [-0.1, -0.05) is 23.8 Å². The quantitative estimate of drug-likeness (QED) is 0.235. The number of sulfonamides is 1. The molecule has 0 saturated carbocycles. The van der Waals surface area contributed by atoms with Crippen molar-refractivity contribution in [3.63, 3.8) is 0 Å². The van der Waals surface area contributed by atoms with E-state index in [1.807, 2.05) is 19.1 Å². The van der Waals surface area contributed by atoms with E-state index < -0.39 is 39.1 Å². The molecule has 0 bridgehead atoms. The Kier molecular flexibility index (Phi) is 9.25. The average Bonchev–Trinajstić information content (AvgIpc) is 2.83. The number of rotatable bonds is 12. The number of likely N-dealkylation sites (N-methyl/N-ethyl adjacent to an activating group) is 1. The Balaban J connectivity index is 1.74. The Morgan fingerprint density at radius 2 is 1.62 bits per heavy atom. The van der Waals surface area contributed by atoms with Gasteiger partial charge in [0.25, 0.3) is 5.91 Å². The maximum Gasteiger partial charge on any atom is 0.316 e. The fraction of sp³-hybridized carbons (Fsp3) is 0.200. The third-order valence-corrected chi connectivity index (χ3v) is 6.13. The van der Waals surface area contributed by atoms with Crippen molar-refractivity contribution < 1.29 is 31.1 Å². The molecule has 3 aromatic rings. The molecule has 0 aliphatic heterocycles. The van der Waals surface area contributed by atoms with Gasteiger partial charge in [0.2, 0.25) is 21.9 Å². The molecular weight excluding hydrogens is 518 g/mol. The van der Waals surface area contributed by atoms with Crippen LogP contribution in [-0.2, 0) is 26.1 Å². The van der Waals surface area contributed by atoms with Crippen molar-refractivity contribution in [3.05, 3.63) is 83.9 Å². The van der Waals surface area contributed by atoms with E-state index in [4.69, 9.17) is 8.92 Å². The predicted molar refractivity (Wildman–Crippen MR) is 142 cm³/mol. The number of aryl methyl sites for hydroxylation is 1. The molecule has 3 N–H and O–H groups in total. The van der Waals surface area contributed by atoms with Crippen LogP contribution in [0.2, 0.25) is 0 Å². The summed E-state index contributed by atoms with van der Waals surface area (Å²) in [6.07, 6.45) is -0.503. The molecule has 10 nitrogen and oxygen atoms in total. The molecule has 0 aliphatic carbocycles. The fourth-order valence-corrected chi connectivity index (χ4v) is 4.34. The van der Waals surface area contributed by atoms with Crippen molar-refractivity contribution in [2.45, 2.75) is 20.0 Å². The highest BCUT2D eigenvalue weighted by Crippen LogP contribution is 2.22. The Bertz CT molecular complexity index is 1380. The van der Waals surface area contributed by atoms with E-state index in [2.05, 4.69) is 14.8 Å². The summed E-state index contributed by atoms with van der Waals surface area (Å²) >= 11 is -1.91. The summed E-state index contributed by atoms with van der Waals surface area (Å²) in [5.41, 5.74) is 1.83. The van der Waals surface area contributed by atoms with Crippen LogP contribution in [0.3, 0.4) is 0 Å². The van der Waals surface area contributed by atoms with Crippen LogP contribution in [0.15, 0.2) is 72.8 Å². The van der Waals surface area contributed by atoms with Crippen molar-refractivity contribution in [3.8, 4) is 11.5 Å². The largest absolute Gasteiger partial charge is 0.472 e. The van der Waals surface area contributed by atoms with Crippen LogP contribution in [0, 0.1) is 6.92 Å². The maximum absolute atomic E-state index is 13.1. The number of carbonyl (C=O) groups is 2. The number of anilines is 2. The molecule has 0 spiro atoms. The highest BCUT2D eigenvalue weighted by molar-refractivity contribution is 7.92. The first-order chi connectivity index (χ1) is 17.5. The van der Waals surface area contributed by atoms with Gasteiger partial charge in [0, 0.05) is 23.9 Å². The molecular formula is C25H27N3O7S2. The summed E-state index contributed by atoms with van der Waals surface area (Å²) < 4.78 is 51.3. The van der Waals surface area contributed by atoms with Crippen molar-refractivity contribution in [1.82, 2.24) is 5.32 Å². The first kappa shape index (κ1) is 27.7. The van der Waals surface area contributed by atoms with Crippen LogP contribution >= 0.6 is 0 Å². The van der Waals surface area contributed by atoms with Crippen LogP contribution in [0.5, 0.6) is 11.5 Å². The number of Topliss-reactive ketones (excluding diaryl/α,β-unsaturated/α-hetero) is 1. The molecule has 0 saturated heterocycles. The molecule has 1 amide bonds. The number of benzene rings is 3. The lowest BCUT2D eigenvalue weighted by Gasteiger charge is -2.18. The lowest BCUT2D eigenvalue weighted by molar-refractivity contribution is -0.125. The second-order valence-electron chi connectivity index (χ2n) is 7.97. The van der Waals surface area contributed by atoms with Crippen molar-refractivity contribution in [2.24, 2.45) is 0 Å². The van der Waals surface area contributed by atoms with E-state index in [0.29, 0.717) is 11.4 Å². The van der Waals surface area contributed by atoms with Crippen LogP contribution in [0.1, 0.15) is 22.8 Å². The monoisotopic (exact) mass is 545 g/mol. The molecule has 3 aromatic carbocycles. The van der Waals surface area contributed by atoms with Gasteiger partial charge in [-0.3, -0.25) is 19.0 Å². The lowest BCUT2D eigenvalue weighted by Crippen LogP contribution is -2.43. The number of carbonyl (C=O) groups excluding carboxylic acids is 2. The molecule has 196 valence electrons. The third kappa shape index (κ3) is 8.62. The molecule has 0 aromatic heterocycles. The SMILES string of the molecule is CCNC(=O)C(Oc1cccc(NS(=O)Oc2ccc(C)cc2)c1)C(=O)c1ccc(NS(C)(=O)=O)cc1. The van der Waals surface area contributed by atoms with Crippen molar-refractivity contribution in [1.29, 1.82) is 0 Å².